The van der Waals surface area contributed by atoms with Gasteiger partial charge in [0.05, 0.1) is 27.0 Å². The first-order valence-corrected chi connectivity index (χ1v) is 13.3. The maximum absolute atomic E-state index is 12.8. The number of nitrogen functional groups attached to an aromatic ring is 1. The lowest BCUT2D eigenvalue weighted by molar-refractivity contribution is 0.0628. The third-order valence-corrected chi connectivity index (χ3v) is 9.83. The molecule has 2 aliphatic rings. The van der Waals surface area contributed by atoms with Crippen LogP contribution >= 0.6 is 35.0 Å². The zero-order valence-electron chi connectivity index (χ0n) is 18.4. The highest BCUT2D eigenvalue weighted by atomic mass is 35.5. The van der Waals surface area contributed by atoms with Crippen molar-refractivity contribution in [1.29, 1.82) is 0 Å². The molecule has 32 heavy (non-hydrogen) atoms. The Bertz CT molecular complexity index is 1030. The standard InChI is InChI=1S/C21H28Cl2N6OS2/c1-20(2,3)32(30)28-14-12-29(10-8-21(14)6-4-7-21)15-11-26-19(18(24)27-15)31-13-5-9-25-17(23)16(13)22/h5,9,11,14,28H,4,6-8,10,12H2,1-3H3,(H2,24,27). The van der Waals surface area contributed by atoms with Gasteiger partial charge < -0.3 is 10.6 Å². The molecule has 3 heterocycles. The first-order chi connectivity index (χ1) is 15.1. The summed E-state index contributed by atoms with van der Waals surface area (Å²) in [7, 11) is -1.12. The van der Waals surface area contributed by atoms with Gasteiger partial charge in [0, 0.05) is 30.2 Å². The molecular formula is C21H28Cl2N6OS2. The van der Waals surface area contributed by atoms with Crippen LogP contribution in [-0.4, -0.2) is 43.0 Å². The van der Waals surface area contributed by atoms with Crippen molar-refractivity contribution in [2.24, 2.45) is 5.41 Å². The van der Waals surface area contributed by atoms with Crippen molar-refractivity contribution in [2.75, 3.05) is 23.7 Å². The molecule has 2 atom stereocenters. The van der Waals surface area contributed by atoms with E-state index in [4.69, 9.17) is 28.9 Å². The summed E-state index contributed by atoms with van der Waals surface area (Å²) in [6.45, 7) is 7.60. The number of hydrogen-bond acceptors (Lipinski definition) is 7. The first kappa shape index (κ1) is 24.0. The maximum Gasteiger partial charge on any atom is 0.158 e. The minimum atomic E-state index is -1.12. The normalized spacial score (nSPS) is 21.4. The van der Waals surface area contributed by atoms with Gasteiger partial charge in [0.25, 0.3) is 0 Å². The van der Waals surface area contributed by atoms with Crippen LogP contribution < -0.4 is 15.4 Å². The van der Waals surface area contributed by atoms with Gasteiger partial charge in [0.15, 0.2) is 5.82 Å². The quantitative estimate of drug-likeness (QED) is 0.557. The van der Waals surface area contributed by atoms with E-state index in [1.807, 2.05) is 20.8 Å². The van der Waals surface area contributed by atoms with Crippen molar-refractivity contribution in [3.05, 3.63) is 28.6 Å². The largest absolute Gasteiger partial charge is 0.381 e. The van der Waals surface area contributed by atoms with Crippen LogP contribution in [0, 0.1) is 5.41 Å². The van der Waals surface area contributed by atoms with Gasteiger partial charge in [-0.1, -0.05) is 41.4 Å². The highest BCUT2D eigenvalue weighted by Gasteiger charge is 2.48. The van der Waals surface area contributed by atoms with Crippen molar-refractivity contribution in [3.8, 4) is 0 Å². The fourth-order valence-electron chi connectivity index (χ4n) is 4.14. The number of anilines is 2. The molecule has 4 rings (SSSR count). The number of aromatic nitrogens is 3. The summed E-state index contributed by atoms with van der Waals surface area (Å²) in [5.41, 5.74) is 6.48. The number of hydrogen-bond donors (Lipinski definition) is 2. The minimum absolute atomic E-state index is 0.139. The van der Waals surface area contributed by atoms with Gasteiger partial charge in [-0.05, 0) is 51.5 Å². The molecule has 1 saturated carbocycles. The molecule has 1 saturated heterocycles. The summed E-state index contributed by atoms with van der Waals surface area (Å²) in [5, 5.41) is 1.17. The fourth-order valence-corrected chi connectivity index (χ4v) is 6.30. The molecular weight excluding hydrogens is 487 g/mol. The van der Waals surface area contributed by atoms with Gasteiger partial charge in [-0.3, -0.25) is 0 Å². The Labute approximate surface area is 205 Å². The smallest absolute Gasteiger partial charge is 0.158 e. The summed E-state index contributed by atoms with van der Waals surface area (Å²) in [4.78, 5) is 16.0. The summed E-state index contributed by atoms with van der Waals surface area (Å²) < 4.78 is 16.0. The molecule has 0 bridgehead atoms. The first-order valence-electron chi connectivity index (χ1n) is 10.6. The van der Waals surface area contributed by atoms with Crippen LogP contribution in [0.4, 0.5) is 11.6 Å². The minimum Gasteiger partial charge on any atom is -0.381 e. The molecule has 2 unspecified atom stereocenters. The van der Waals surface area contributed by atoms with Gasteiger partial charge in [-0.2, -0.15) is 0 Å². The predicted octanol–water partition coefficient (Wildman–Crippen LogP) is 4.71. The Morgan fingerprint density at radius 2 is 2.03 bits per heavy atom. The summed E-state index contributed by atoms with van der Waals surface area (Å²) in [5.74, 6) is 1.07. The second-order valence-electron chi connectivity index (χ2n) is 9.40. The zero-order valence-corrected chi connectivity index (χ0v) is 21.5. The van der Waals surface area contributed by atoms with Crippen LogP contribution in [0.1, 0.15) is 46.5 Å². The van der Waals surface area contributed by atoms with Crippen molar-refractivity contribution in [1.82, 2.24) is 19.7 Å². The monoisotopic (exact) mass is 514 g/mol. The molecule has 1 aliphatic heterocycles. The second-order valence-corrected chi connectivity index (χ2v) is 13.2. The van der Waals surface area contributed by atoms with Crippen molar-refractivity contribution in [3.63, 3.8) is 0 Å². The lowest BCUT2D eigenvalue weighted by Crippen LogP contribution is -2.61. The Balaban J connectivity index is 1.51. The van der Waals surface area contributed by atoms with Crippen LogP contribution in [0.25, 0.3) is 0 Å². The Hall–Kier alpha value is -1.13. The molecule has 0 radical (unpaired) electrons. The maximum atomic E-state index is 12.8. The van der Waals surface area contributed by atoms with Crippen molar-refractivity contribution in [2.45, 2.75) is 67.2 Å². The van der Waals surface area contributed by atoms with Crippen LogP contribution in [0.3, 0.4) is 0 Å². The van der Waals surface area contributed by atoms with E-state index in [9.17, 15) is 4.21 Å². The second kappa shape index (κ2) is 9.25. The molecule has 0 amide bonds. The molecule has 0 aromatic carbocycles. The molecule has 2 aromatic heterocycles. The molecule has 174 valence electrons. The molecule has 3 N–H and O–H groups in total. The molecule has 2 aromatic rings. The van der Waals surface area contributed by atoms with Crippen molar-refractivity contribution < 1.29 is 4.21 Å². The number of piperidine rings is 1. The number of nitrogens with zero attached hydrogens (tertiary/aromatic N) is 4. The van der Waals surface area contributed by atoms with E-state index in [1.165, 1.54) is 31.0 Å². The fraction of sp³-hybridized carbons (Fsp3) is 0.571. The van der Waals surface area contributed by atoms with E-state index in [-0.39, 0.29) is 21.4 Å². The Kier molecular flexibility index (Phi) is 6.94. The summed E-state index contributed by atoms with van der Waals surface area (Å²) >= 11 is 13.6. The Morgan fingerprint density at radius 1 is 1.28 bits per heavy atom. The molecule has 2 fully saturated rings. The Morgan fingerprint density at radius 3 is 2.66 bits per heavy atom. The van der Waals surface area contributed by atoms with Crippen molar-refractivity contribution >= 4 is 57.6 Å². The van der Waals surface area contributed by atoms with E-state index < -0.39 is 11.0 Å². The molecule has 7 nitrogen and oxygen atoms in total. The van der Waals surface area contributed by atoms with Crippen LogP contribution in [-0.2, 0) is 11.0 Å². The SMILES string of the molecule is CC(C)(C)S(=O)NC1CN(c2cnc(Sc3ccnc(Cl)c3Cl)c(N)n2)CCC12CCC2. The molecule has 1 spiro atoms. The number of nitrogens with one attached hydrogen (secondary N) is 1. The van der Waals surface area contributed by atoms with Crippen LogP contribution in [0.2, 0.25) is 10.2 Å². The highest BCUT2D eigenvalue weighted by Crippen LogP contribution is 2.49. The van der Waals surface area contributed by atoms with E-state index in [1.54, 1.807) is 18.5 Å². The molecule has 11 heteroatoms. The third-order valence-electron chi connectivity index (χ3n) is 6.27. The van der Waals surface area contributed by atoms with E-state index in [2.05, 4.69) is 24.6 Å². The third kappa shape index (κ3) is 4.87. The summed E-state index contributed by atoms with van der Waals surface area (Å²) in [6, 6.07) is 1.90. The van der Waals surface area contributed by atoms with Gasteiger partial charge in [0.2, 0.25) is 0 Å². The van der Waals surface area contributed by atoms with Gasteiger partial charge in [-0.25, -0.2) is 23.9 Å². The lowest BCUT2D eigenvalue weighted by atomic mass is 9.61. The number of pyridine rings is 1. The average molecular weight is 516 g/mol. The lowest BCUT2D eigenvalue weighted by Gasteiger charge is -2.53. The van der Waals surface area contributed by atoms with E-state index >= 15 is 0 Å². The molecule has 1 aliphatic carbocycles. The van der Waals surface area contributed by atoms with Crippen LogP contribution in [0.15, 0.2) is 28.4 Å². The van der Waals surface area contributed by atoms with Crippen LogP contribution in [0.5, 0.6) is 0 Å². The zero-order chi connectivity index (χ0) is 23.1. The van der Waals surface area contributed by atoms with Gasteiger partial charge in [-0.15, -0.1) is 0 Å². The van der Waals surface area contributed by atoms with E-state index in [0.717, 1.165) is 30.2 Å². The number of halogens is 2. The average Bonchev–Trinajstić information content (AvgIpc) is 2.70. The van der Waals surface area contributed by atoms with Gasteiger partial charge >= 0.3 is 0 Å². The van der Waals surface area contributed by atoms with Gasteiger partial charge in [0.1, 0.15) is 16.0 Å². The predicted molar refractivity (Wildman–Crippen MR) is 133 cm³/mol. The summed E-state index contributed by atoms with van der Waals surface area (Å²) in [6.07, 6.45) is 7.96. The highest BCUT2D eigenvalue weighted by molar-refractivity contribution is 7.99. The number of rotatable bonds is 5. The number of nitrogens with two attached hydrogens (primary N) is 1. The topological polar surface area (TPSA) is 97.0 Å². The van der Waals surface area contributed by atoms with E-state index in [0.29, 0.717) is 15.9 Å².